The molecule has 0 saturated heterocycles. The summed E-state index contributed by atoms with van der Waals surface area (Å²) in [6.07, 6.45) is 0. The molecule has 6 nitrogen and oxygen atoms in total. The molecule has 0 radical (unpaired) electrons. The van der Waals surface area contributed by atoms with Gasteiger partial charge in [-0.05, 0) is 52.6 Å². The van der Waals surface area contributed by atoms with Gasteiger partial charge in [-0.3, -0.25) is 14.4 Å². The van der Waals surface area contributed by atoms with Crippen LogP contribution < -0.4 is 4.90 Å². The second-order valence-corrected chi connectivity index (χ2v) is 8.36. The third kappa shape index (κ3) is 4.31. The first-order chi connectivity index (χ1) is 12.8. The van der Waals surface area contributed by atoms with Crippen molar-refractivity contribution in [1.29, 1.82) is 0 Å². The fourth-order valence-electron chi connectivity index (χ4n) is 2.88. The minimum Gasteiger partial charge on any atom is -0.308 e. The van der Waals surface area contributed by atoms with Crippen LogP contribution in [0.25, 0.3) is 10.2 Å². The Labute approximate surface area is 168 Å². The molecule has 1 amide bonds. The van der Waals surface area contributed by atoms with Crippen molar-refractivity contribution >= 4 is 44.2 Å². The molecule has 0 atom stereocenters. The van der Waals surface area contributed by atoms with Crippen molar-refractivity contribution in [3.05, 3.63) is 40.2 Å². The van der Waals surface area contributed by atoms with Crippen molar-refractivity contribution in [2.45, 2.75) is 27.3 Å². The zero-order valence-corrected chi connectivity index (χ0v) is 17.9. The number of hydrogen-bond acceptors (Lipinski definition) is 5. The lowest BCUT2D eigenvalue weighted by molar-refractivity contribution is -0.119. The molecule has 27 heavy (non-hydrogen) atoms. The highest BCUT2D eigenvalue weighted by atomic mass is 35.5. The maximum atomic E-state index is 13.1. The number of hydrogen-bond donors (Lipinski definition) is 0. The molecule has 0 spiro atoms. The van der Waals surface area contributed by atoms with Gasteiger partial charge in [0.25, 0.3) is 5.91 Å². The van der Waals surface area contributed by atoms with Crippen LogP contribution in [0.1, 0.15) is 17.0 Å². The third-order valence-corrected chi connectivity index (χ3v) is 5.92. The van der Waals surface area contributed by atoms with Gasteiger partial charge in [0.15, 0.2) is 5.13 Å². The first kappa shape index (κ1) is 19.8. The lowest BCUT2D eigenvalue weighted by Crippen LogP contribution is -2.39. The van der Waals surface area contributed by atoms with E-state index in [1.54, 1.807) is 9.58 Å². The average molecular weight is 406 g/mol. The Morgan fingerprint density at radius 2 is 1.96 bits per heavy atom. The Balaban J connectivity index is 1.95. The number of benzene rings is 1. The molecule has 0 aliphatic carbocycles. The van der Waals surface area contributed by atoms with E-state index in [0.29, 0.717) is 16.7 Å². The van der Waals surface area contributed by atoms with Crippen molar-refractivity contribution in [2.24, 2.45) is 0 Å². The number of carbonyl (C=O) groups is 1. The summed E-state index contributed by atoms with van der Waals surface area (Å²) in [5.41, 5.74) is 3.78. The van der Waals surface area contributed by atoms with Gasteiger partial charge in [0.2, 0.25) is 0 Å². The Kier molecular flexibility index (Phi) is 5.83. The van der Waals surface area contributed by atoms with Crippen LogP contribution in [0.3, 0.4) is 0 Å². The Hall–Kier alpha value is -1.96. The third-order valence-electron chi connectivity index (χ3n) is 4.38. The molecule has 2 heterocycles. The molecule has 0 unspecified atom stereocenters. The van der Waals surface area contributed by atoms with E-state index in [1.165, 1.54) is 11.3 Å². The SMILES string of the molecule is Cc1cc(C)n(CC(=O)N(CCN(C)C)c2nc3c(C)ccc(Cl)c3s2)n1. The molecule has 0 bridgehead atoms. The minimum atomic E-state index is -0.0316. The Morgan fingerprint density at radius 1 is 1.22 bits per heavy atom. The first-order valence-electron chi connectivity index (χ1n) is 8.78. The smallest absolute Gasteiger partial charge is 0.250 e. The van der Waals surface area contributed by atoms with Crippen LogP contribution in [-0.2, 0) is 11.3 Å². The maximum Gasteiger partial charge on any atom is 0.250 e. The predicted molar refractivity (Wildman–Crippen MR) is 112 cm³/mol. The molecule has 144 valence electrons. The van der Waals surface area contributed by atoms with Crippen LogP contribution in [0.5, 0.6) is 0 Å². The molecule has 3 aromatic rings. The maximum absolute atomic E-state index is 13.1. The van der Waals surface area contributed by atoms with Gasteiger partial charge in [0, 0.05) is 18.8 Å². The van der Waals surface area contributed by atoms with Gasteiger partial charge in [-0.15, -0.1) is 0 Å². The zero-order valence-electron chi connectivity index (χ0n) is 16.3. The molecule has 0 fully saturated rings. The number of thiazole rings is 1. The van der Waals surface area contributed by atoms with E-state index in [1.807, 2.05) is 53.1 Å². The Morgan fingerprint density at radius 3 is 2.56 bits per heavy atom. The highest BCUT2D eigenvalue weighted by molar-refractivity contribution is 7.23. The van der Waals surface area contributed by atoms with E-state index in [-0.39, 0.29) is 12.5 Å². The van der Waals surface area contributed by atoms with Crippen molar-refractivity contribution in [3.63, 3.8) is 0 Å². The van der Waals surface area contributed by atoms with Crippen LogP contribution in [0, 0.1) is 20.8 Å². The van der Waals surface area contributed by atoms with Gasteiger partial charge < -0.3 is 4.90 Å². The number of amides is 1. The van der Waals surface area contributed by atoms with Crippen LogP contribution in [-0.4, -0.2) is 52.8 Å². The van der Waals surface area contributed by atoms with Gasteiger partial charge in [-0.25, -0.2) is 4.98 Å². The van der Waals surface area contributed by atoms with Gasteiger partial charge in [-0.1, -0.05) is 29.0 Å². The van der Waals surface area contributed by atoms with Crippen molar-refractivity contribution in [3.8, 4) is 0 Å². The lowest BCUT2D eigenvalue weighted by atomic mass is 10.2. The van der Waals surface area contributed by atoms with E-state index in [4.69, 9.17) is 16.6 Å². The average Bonchev–Trinajstić information content (AvgIpc) is 3.16. The summed E-state index contributed by atoms with van der Waals surface area (Å²) < 4.78 is 2.66. The first-order valence-corrected chi connectivity index (χ1v) is 9.97. The highest BCUT2D eigenvalue weighted by Crippen LogP contribution is 2.35. The molecule has 0 saturated carbocycles. The van der Waals surface area contributed by atoms with Crippen molar-refractivity contribution < 1.29 is 4.79 Å². The summed E-state index contributed by atoms with van der Waals surface area (Å²) in [5.74, 6) is -0.0316. The lowest BCUT2D eigenvalue weighted by Gasteiger charge is -2.22. The molecule has 2 aromatic heterocycles. The summed E-state index contributed by atoms with van der Waals surface area (Å²) in [6.45, 7) is 7.38. The van der Waals surface area contributed by atoms with E-state index >= 15 is 0 Å². The van der Waals surface area contributed by atoms with E-state index in [2.05, 4.69) is 10.00 Å². The molecule has 8 heteroatoms. The molecule has 0 aliphatic rings. The standard InChI is InChI=1S/C19H24ClN5OS/c1-12-6-7-15(20)18-17(12)21-19(27-18)24(9-8-23(4)5)16(26)11-25-14(3)10-13(2)22-25/h6-7,10H,8-9,11H2,1-5H3. The number of aromatic nitrogens is 3. The van der Waals surface area contributed by atoms with Crippen LogP contribution >= 0.6 is 22.9 Å². The summed E-state index contributed by atoms with van der Waals surface area (Å²) in [6, 6.07) is 5.80. The summed E-state index contributed by atoms with van der Waals surface area (Å²) in [5, 5.41) is 5.75. The van der Waals surface area contributed by atoms with Gasteiger partial charge in [0.1, 0.15) is 6.54 Å². The predicted octanol–water partition coefficient (Wildman–Crippen LogP) is 3.67. The number of rotatable bonds is 6. The van der Waals surface area contributed by atoms with E-state index in [9.17, 15) is 4.79 Å². The van der Waals surface area contributed by atoms with Gasteiger partial charge >= 0.3 is 0 Å². The molecule has 0 N–H and O–H groups in total. The van der Waals surface area contributed by atoms with Crippen LogP contribution in [0.2, 0.25) is 5.02 Å². The van der Waals surface area contributed by atoms with Crippen molar-refractivity contribution in [2.75, 3.05) is 32.1 Å². The van der Waals surface area contributed by atoms with Crippen LogP contribution in [0.4, 0.5) is 5.13 Å². The summed E-state index contributed by atoms with van der Waals surface area (Å²) in [4.78, 5) is 21.6. The number of carbonyl (C=O) groups excluding carboxylic acids is 1. The number of likely N-dealkylation sites (N-methyl/N-ethyl adjacent to an activating group) is 1. The topological polar surface area (TPSA) is 54.3 Å². The van der Waals surface area contributed by atoms with E-state index < -0.39 is 0 Å². The van der Waals surface area contributed by atoms with Crippen molar-refractivity contribution in [1.82, 2.24) is 19.7 Å². The van der Waals surface area contributed by atoms with Gasteiger partial charge in [0.05, 0.1) is 20.9 Å². The molecule has 1 aromatic carbocycles. The second-order valence-electron chi connectivity index (χ2n) is 6.97. The normalized spacial score (nSPS) is 11.5. The highest BCUT2D eigenvalue weighted by Gasteiger charge is 2.22. The molecular formula is C19H24ClN5OS. The number of anilines is 1. The Bertz CT molecular complexity index is 939. The number of fused-ring (bicyclic) bond motifs is 1. The quantitative estimate of drug-likeness (QED) is 0.627. The number of nitrogens with zero attached hydrogens (tertiary/aromatic N) is 5. The fourth-order valence-corrected chi connectivity index (χ4v) is 4.24. The summed E-state index contributed by atoms with van der Waals surface area (Å²) >= 11 is 7.81. The fraction of sp³-hybridized carbons (Fsp3) is 0.421. The number of halogens is 1. The monoisotopic (exact) mass is 405 g/mol. The summed E-state index contributed by atoms with van der Waals surface area (Å²) in [7, 11) is 3.98. The molecule has 3 rings (SSSR count). The molecule has 0 aliphatic heterocycles. The number of aryl methyl sites for hydroxylation is 3. The molecular weight excluding hydrogens is 382 g/mol. The minimum absolute atomic E-state index is 0.0316. The largest absolute Gasteiger partial charge is 0.308 e. The van der Waals surface area contributed by atoms with E-state index in [0.717, 1.165) is 33.7 Å². The van der Waals surface area contributed by atoms with Crippen LogP contribution in [0.15, 0.2) is 18.2 Å². The van der Waals surface area contributed by atoms with Gasteiger partial charge in [-0.2, -0.15) is 5.10 Å². The zero-order chi connectivity index (χ0) is 19.7. The second kappa shape index (κ2) is 7.96.